The van der Waals surface area contributed by atoms with Crippen LogP contribution in [0.4, 0.5) is 5.69 Å². The van der Waals surface area contributed by atoms with Crippen LogP contribution in [0.25, 0.3) is 10.9 Å². The number of nitrogens with zero attached hydrogens (tertiary/aromatic N) is 1. The quantitative estimate of drug-likeness (QED) is 0.551. The third-order valence-electron chi connectivity index (χ3n) is 4.52. The fourth-order valence-electron chi connectivity index (χ4n) is 3.13. The molecule has 0 aliphatic carbocycles. The number of carbonyl (C=O) groups is 2. The standard InChI is InChI=1S/C20H16IN3O4/c21-12-5-6-15-13(9-12)19(26)14(10-23-15)20(27)22-7-8-24-16-3-1-2-4-17(16)28-11-18(24)25/h1-6,9-10H,7-8,11H2,(H,22,27)(H,23,26). The van der Waals surface area contributed by atoms with E-state index < -0.39 is 5.91 Å². The Kier molecular flexibility index (Phi) is 5.03. The Labute approximate surface area is 173 Å². The number of ether oxygens (including phenoxy) is 1. The number of H-pyrrole nitrogens is 1. The number of para-hydroxylation sites is 2. The van der Waals surface area contributed by atoms with Crippen LogP contribution in [0.5, 0.6) is 5.75 Å². The summed E-state index contributed by atoms with van der Waals surface area (Å²) in [6.45, 7) is 0.463. The van der Waals surface area contributed by atoms with Crippen molar-refractivity contribution >= 4 is 51.0 Å². The third-order valence-corrected chi connectivity index (χ3v) is 5.19. The van der Waals surface area contributed by atoms with Crippen molar-refractivity contribution in [3.05, 3.63) is 68.0 Å². The molecule has 4 rings (SSSR count). The molecule has 7 nitrogen and oxygen atoms in total. The Morgan fingerprint density at radius 3 is 2.89 bits per heavy atom. The molecule has 2 N–H and O–H groups in total. The maximum Gasteiger partial charge on any atom is 0.265 e. The first kappa shape index (κ1) is 18.5. The third kappa shape index (κ3) is 3.47. The van der Waals surface area contributed by atoms with Gasteiger partial charge in [0.2, 0.25) is 5.43 Å². The smallest absolute Gasteiger partial charge is 0.265 e. The lowest BCUT2D eigenvalue weighted by molar-refractivity contribution is -0.121. The van der Waals surface area contributed by atoms with Crippen LogP contribution in [0.1, 0.15) is 10.4 Å². The molecule has 1 aliphatic heterocycles. The van der Waals surface area contributed by atoms with Crippen LogP contribution in [-0.2, 0) is 4.79 Å². The molecular weight excluding hydrogens is 473 g/mol. The van der Waals surface area contributed by atoms with Crippen molar-refractivity contribution in [3.63, 3.8) is 0 Å². The van der Waals surface area contributed by atoms with Crippen molar-refractivity contribution in [2.75, 3.05) is 24.6 Å². The van der Waals surface area contributed by atoms with E-state index in [1.54, 1.807) is 23.1 Å². The number of hydrogen-bond donors (Lipinski definition) is 2. The minimum Gasteiger partial charge on any atom is -0.482 e. The molecule has 1 aromatic heterocycles. The van der Waals surface area contributed by atoms with Crippen LogP contribution in [0.2, 0.25) is 0 Å². The number of benzene rings is 2. The summed E-state index contributed by atoms with van der Waals surface area (Å²) in [7, 11) is 0. The number of aromatic amines is 1. The van der Waals surface area contributed by atoms with Gasteiger partial charge in [-0.1, -0.05) is 12.1 Å². The minimum absolute atomic E-state index is 0.0338. The van der Waals surface area contributed by atoms with Gasteiger partial charge in [-0.2, -0.15) is 0 Å². The molecule has 0 atom stereocenters. The summed E-state index contributed by atoms with van der Waals surface area (Å²) in [4.78, 5) is 41.9. The highest BCUT2D eigenvalue weighted by Crippen LogP contribution is 2.30. The molecule has 2 heterocycles. The van der Waals surface area contributed by atoms with Gasteiger partial charge in [0, 0.05) is 33.8 Å². The number of aromatic nitrogens is 1. The van der Waals surface area contributed by atoms with Crippen molar-refractivity contribution in [1.82, 2.24) is 10.3 Å². The highest BCUT2D eigenvalue weighted by Gasteiger charge is 2.25. The van der Waals surface area contributed by atoms with Gasteiger partial charge in [0.15, 0.2) is 6.61 Å². The van der Waals surface area contributed by atoms with Crippen LogP contribution in [0.15, 0.2) is 53.5 Å². The fourth-order valence-corrected chi connectivity index (χ4v) is 3.63. The number of anilines is 1. The van der Waals surface area contributed by atoms with E-state index >= 15 is 0 Å². The largest absolute Gasteiger partial charge is 0.482 e. The van der Waals surface area contributed by atoms with Gasteiger partial charge >= 0.3 is 0 Å². The van der Waals surface area contributed by atoms with Gasteiger partial charge in [-0.15, -0.1) is 0 Å². The van der Waals surface area contributed by atoms with Crippen LogP contribution < -0.4 is 20.4 Å². The average Bonchev–Trinajstić information content (AvgIpc) is 2.70. The van der Waals surface area contributed by atoms with Crippen LogP contribution in [0.3, 0.4) is 0 Å². The summed E-state index contributed by atoms with van der Waals surface area (Å²) in [5, 5.41) is 3.19. The molecule has 0 radical (unpaired) electrons. The summed E-state index contributed by atoms with van der Waals surface area (Å²) in [5.74, 6) is -0.0175. The number of nitrogens with one attached hydrogen (secondary N) is 2. The molecule has 0 saturated carbocycles. The van der Waals surface area contributed by atoms with E-state index in [9.17, 15) is 14.4 Å². The van der Waals surface area contributed by atoms with Crippen LogP contribution >= 0.6 is 22.6 Å². The predicted molar refractivity (Wildman–Crippen MR) is 114 cm³/mol. The molecule has 28 heavy (non-hydrogen) atoms. The number of fused-ring (bicyclic) bond motifs is 2. The predicted octanol–water partition coefficient (Wildman–Crippen LogP) is 2.29. The van der Waals surface area contributed by atoms with Gasteiger partial charge < -0.3 is 19.9 Å². The Hall–Kier alpha value is -2.88. The zero-order chi connectivity index (χ0) is 19.7. The zero-order valence-electron chi connectivity index (χ0n) is 14.7. The SMILES string of the molecule is O=C(NCCN1C(=O)COc2ccccc21)c1c[nH]c2ccc(I)cc2c1=O. The van der Waals surface area contributed by atoms with Gasteiger partial charge in [-0.05, 0) is 52.9 Å². The number of hydrogen-bond acceptors (Lipinski definition) is 4. The van der Waals surface area contributed by atoms with Crippen molar-refractivity contribution in [3.8, 4) is 5.75 Å². The van der Waals surface area contributed by atoms with E-state index in [0.717, 1.165) is 3.57 Å². The minimum atomic E-state index is -0.476. The van der Waals surface area contributed by atoms with Crippen molar-refractivity contribution in [1.29, 1.82) is 0 Å². The van der Waals surface area contributed by atoms with Gasteiger partial charge in [0.25, 0.3) is 11.8 Å². The van der Waals surface area contributed by atoms with Gasteiger partial charge in [0.05, 0.1) is 5.69 Å². The van der Waals surface area contributed by atoms with Crippen molar-refractivity contribution in [2.24, 2.45) is 0 Å². The molecule has 8 heteroatoms. The lowest BCUT2D eigenvalue weighted by Gasteiger charge is -2.29. The first-order chi connectivity index (χ1) is 13.5. The average molecular weight is 489 g/mol. The Bertz CT molecular complexity index is 1140. The number of amides is 2. The summed E-state index contributed by atoms with van der Waals surface area (Å²) < 4.78 is 6.32. The summed E-state index contributed by atoms with van der Waals surface area (Å²) in [6, 6.07) is 12.7. The van der Waals surface area contributed by atoms with Crippen LogP contribution in [0, 0.1) is 3.57 Å². The second kappa shape index (κ2) is 7.63. The molecule has 2 aromatic carbocycles. The summed E-state index contributed by atoms with van der Waals surface area (Å²) in [5.41, 5.74) is 1.07. The van der Waals surface area contributed by atoms with E-state index in [-0.39, 0.29) is 36.6 Å². The number of halogens is 1. The van der Waals surface area contributed by atoms with E-state index in [1.165, 1.54) is 6.20 Å². The Morgan fingerprint density at radius 2 is 2.04 bits per heavy atom. The van der Waals surface area contributed by atoms with Gasteiger partial charge in [0.1, 0.15) is 11.3 Å². The summed E-state index contributed by atoms with van der Waals surface area (Å²) in [6.07, 6.45) is 1.42. The maximum absolute atomic E-state index is 12.6. The van der Waals surface area contributed by atoms with Gasteiger partial charge in [-0.25, -0.2) is 0 Å². The van der Waals surface area contributed by atoms with Crippen LogP contribution in [-0.4, -0.2) is 36.5 Å². The lowest BCUT2D eigenvalue weighted by atomic mass is 10.1. The number of carbonyl (C=O) groups excluding carboxylic acids is 2. The van der Waals surface area contributed by atoms with E-state index in [2.05, 4.69) is 32.9 Å². The molecular formula is C20H16IN3O4. The topological polar surface area (TPSA) is 91.5 Å². The number of pyridine rings is 1. The molecule has 0 bridgehead atoms. The zero-order valence-corrected chi connectivity index (χ0v) is 16.9. The second-order valence-corrected chi connectivity index (χ2v) is 7.52. The van der Waals surface area contributed by atoms with E-state index in [0.29, 0.717) is 22.3 Å². The highest BCUT2D eigenvalue weighted by molar-refractivity contribution is 14.1. The highest BCUT2D eigenvalue weighted by atomic mass is 127. The van der Waals surface area contributed by atoms with E-state index in [1.807, 2.05) is 24.3 Å². The van der Waals surface area contributed by atoms with Crippen molar-refractivity contribution in [2.45, 2.75) is 0 Å². The molecule has 142 valence electrons. The van der Waals surface area contributed by atoms with Crippen molar-refractivity contribution < 1.29 is 14.3 Å². The molecule has 3 aromatic rings. The number of rotatable bonds is 4. The normalized spacial score (nSPS) is 13.2. The first-order valence-corrected chi connectivity index (χ1v) is 9.74. The Balaban J connectivity index is 1.48. The fraction of sp³-hybridized carbons (Fsp3) is 0.150. The van der Waals surface area contributed by atoms with Gasteiger partial charge in [-0.3, -0.25) is 14.4 Å². The molecule has 0 saturated heterocycles. The lowest BCUT2D eigenvalue weighted by Crippen LogP contribution is -2.43. The van der Waals surface area contributed by atoms with E-state index in [4.69, 9.17) is 4.74 Å². The second-order valence-electron chi connectivity index (χ2n) is 6.28. The molecule has 0 fully saturated rings. The first-order valence-electron chi connectivity index (χ1n) is 8.66. The monoisotopic (exact) mass is 489 g/mol. The molecule has 0 unspecified atom stereocenters. The molecule has 0 spiro atoms. The Morgan fingerprint density at radius 1 is 1.21 bits per heavy atom. The molecule has 2 amide bonds. The summed E-state index contributed by atoms with van der Waals surface area (Å²) >= 11 is 2.12. The maximum atomic E-state index is 12.6. The molecule has 1 aliphatic rings.